The second-order valence-electron chi connectivity index (χ2n) is 9.65. The maximum absolute atomic E-state index is 14.7. The van der Waals surface area contributed by atoms with Crippen molar-refractivity contribution >= 4 is 50.1 Å². The summed E-state index contributed by atoms with van der Waals surface area (Å²) >= 11 is 0.753. The van der Waals surface area contributed by atoms with Gasteiger partial charge in [0.15, 0.2) is 34.4 Å². The average Bonchev–Trinajstić information content (AvgIpc) is 3.73. The summed E-state index contributed by atoms with van der Waals surface area (Å²) in [7, 11) is 1.61. The molecule has 1 unspecified atom stereocenters. The van der Waals surface area contributed by atoms with Crippen LogP contribution in [0.5, 0.6) is 5.75 Å². The molecule has 0 spiro atoms. The minimum Gasteiger partial charge on any atom is -0.485 e. The van der Waals surface area contributed by atoms with E-state index in [4.69, 9.17) is 19.1 Å². The molecule has 1 fully saturated rings. The molecule has 0 radical (unpaired) electrons. The number of hydrogen-bond donors (Lipinski definition) is 1. The molecule has 1 aliphatic rings. The van der Waals surface area contributed by atoms with Crippen molar-refractivity contribution in [2.45, 2.75) is 6.54 Å². The van der Waals surface area contributed by atoms with Crippen molar-refractivity contribution in [3.63, 3.8) is 0 Å². The third kappa shape index (κ3) is 5.54. The van der Waals surface area contributed by atoms with E-state index >= 15 is 0 Å². The zero-order valence-electron chi connectivity index (χ0n) is 23.0. The van der Waals surface area contributed by atoms with E-state index in [1.54, 1.807) is 23.8 Å². The molecule has 1 aliphatic heterocycles. The van der Waals surface area contributed by atoms with Crippen molar-refractivity contribution < 1.29 is 22.1 Å². The molecule has 5 heterocycles. The predicted octanol–water partition coefficient (Wildman–Crippen LogP) is 2.63. The molecule has 42 heavy (non-hydrogen) atoms. The first-order chi connectivity index (χ1) is 20.3. The van der Waals surface area contributed by atoms with E-state index in [0.717, 1.165) is 17.4 Å². The highest BCUT2D eigenvalue weighted by atomic mass is 32.2. The Morgan fingerprint density at radius 3 is 2.67 bits per heavy atom. The molecular formula is C26H29F2N8O4S2+. The molecule has 2 N–H and O–H groups in total. The summed E-state index contributed by atoms with van der Waals surface area (Å²) in [6, 6.07) is 5.78. The van der Waals surface area contributed by atoms with E-state index in [1.807, 2.05) is 11.2 Å². The van der Waals surface area contributed by atoms with Crippen LogP contribution >= 0.6 is 11.3 Å². The molecule has 16 heteroatoms. The quantitative estimate of drug-likeness (QED) is 0.233. The van der Waals surface area contributed by atoms with Gasteiger partial charge in [-0.15, -0.1) is 5.10 Å². The van der Waals surface area contributed by atoms with Gasteiger partial charge in [0.05, 0.1) is 19.1 Å². The molecule has 12 nitrogen and oxygen atoms in total. The number of nitrogens with two attached hydrogens (primary N) is 1. The minimum absolute atomic E-state index is 0.0236. The topological polar surface area (TPSA) is 129 Å². The van der Waals surface area contributed by atoms with E-state index in [-0.39, 0.29) is 34.4 Å². The molecule has 4 aromatic heterocycles. The molecule has 1 atom stereocenters. The van der Waals surface area contributed by atoms with Crippen molar-refractivity contribution in [2.24, 2.45) is 0 Å². The van der Waals surface area contributed by atoms with Gasteiger partial charge in [-0.3, -0.25) is 14.3 Å². The summed E-state index contributed by atoms with van der Waals surface area (Å²) in [5, 5.41) is 4.38. The average molecular weight is 620 g/mol. The molecule has 1 saturated heterocycles. The van der Waals surface area contributed by atoms with E-state index in [1.165, 1.54) is 16.8 Å². The number of benzene rings is 1. The summed E-state index contributed by atoms with van der Waals surface area (Å²) in [6.07, 6.45) is 3.45. The van der Waals surface area contributed by atoms with Crippen LogP contribution in [0.1, 0.15) is 0 Å². The zero-order chi connectivity index (χ0) is 29.4. The van der Waals surface area contributed by atoms with E-state index in [9.17, 15) is 13.6 Å². The summed E-state index contributed by atoms with van der Waals surface area (Å²) in [4.78, 5) is 25.9. The number of rotatable bonds is 10. The Morgan fingerprint density at radius 2 is 1.93 bits per heavy atom. The summed E-state index contributed by atoms with van der Waals surface area (Å²) in [6.45, 7) is 3.57. The fourth-order valence-electron chi connectivity index (χ4n) is 4.81. The Morgan fingerprint density at radius 1 is 1.12 bits per heavy atom. The molecule has 1 aromatic carbocycles. The highest BCUT2D eigenvalue weighted by Gasteiger charge is 2.24. The summed E-state index contributed by atoms with van der Waals surface area (Å²) in [5.41, 5.74) is 7.38. The molecule has 222 valence electrons. The van der Waals surface area contributed by atoms with Crippen LogP contribution in [0.4, 0.5) is 20.4 Å². The van der Waals surface area contributed by atoms with Crippen LogP contribution in [-0.2, 0) is 21.9 Å². The highest BCUT2D eigenvalue weighted by Crippen LogP contribution is 2.29. The Kier molecular flexibility index (Phi) is 8.02. The van der Waals surface area contributed by atoms with Crippen LogP contribution in [0, 0.1) is 11.6 Å². The van der Waals surface area contributed by atoms with Crippen molar-refractivity contribution in [2.75, 3.05) is 69.1 Å². The minimum atomic E-state index is -0.730. The first-order valence-electron chi connectivity index (χ1n) is 13.2. The van der Waals surface area contributed by atoms with Gasteiger partial charge in [-0.1, -0.05) is 11.3 Å². The number of aromatic nitrogens is 5. The summed E-state index contributed by atoms with van der Waals surface area (Å²) in [5.74, 6) is 0.225. The van der Waals surface area contributed by atoms with E-state index in [0.29, 0.717) is 78.3 Å². The van der Waals surface area contributed by atoms with Crippen LogP contribution in [0.2, 0.25) is 0 Å². The van der Waals surface area contributed by atoms with Crippen LogP contribution in [0.15, 0.2) is 39.7 Å². The summed E-state index contributed by atoms with van der Waals surface area (Å²) < 4.78 is 48.9. The van der Waals surface area contributed by atoms with Crippen LogP contribution in [-0.4, -0.2) is 87.5 Å². The molecule has 5 aromatic rings. The van der Waals surface area contributed by atoms with Gasteiger partial charge < -0.3 is 19.8 Å². The van der Waals surface area contributed by atoms with Crippen molar-refractivity contribution in [3.05, 3.63) is 51.8 Å². The van der Waals surface area contributed by atoms with Crippen molar-refractivity contribution in [1.29, 1.82) is 0 Å². The Hall–Kier alpha value is -3.73. The normalized spacial score (nSPS) is 15.2. The number of furan rings is 1. The maximum Gasteiger partial charge on any atom is 0.309 e. The molecule has 6 rings (SSSR count). The maximum atomic E-state index is 14.7. The van der Waals surface area contributed by atoms with Crippen LogP contribution in [0.3, 0.4) is 0 Å². The molecule has 0 aliphatic carbocycles. The van der Waals surface area contributed by atoms with Crippen molar-refractivity contribution in [1.82, 2.24) is 29.0 Å². The van der Waals surface area contributed by atoms with Gasteiger partial charge in [0.1, 0.15) is 34.6 Å². The van der Waals surface area contributed by atoms with Crippen molar-refractivity contribution in [3.8, 4) is 17.3 Å². The SMILES string of the molecule is CO[S+](C)CCOc1cc(N2CCN(CCn3c(=O)sc4c3nc(N)n3nc(-c5ccco5)nc43)CC2)c(F)cc1F. The molecule has 0 saturated carbocycles. The van der Waals surface area contributed by atoms with Gasteiger partial charge in [0, 0.05) is 51.4 Å². The monoisotopic (exact) mass is 619 g/mol. The number of fused-ring (bicyclic) bond motifs is 3. The standard InChI is InChI=1S/C26H29F2N8O4S2/c1-38-42(2)13-12-40-20-15-18(16(27)14-17(20)28)34-8-5-33(6-9-34)7-10-35-23-21(41-26(35)37)24-30-22(19-4-3-11-39-19)32-36(24)25(29)31-23/h3-4,11,14-15H,5-10,12-13H2,1-2H3,(H2,29,31)/q+1. The lowest BCUT2D eigenvalue weighted by Crippen LogP contribution is -2.47. The third-order valence-corrected chi connectivity index (χ3v) is 9.40. The third-order valence-electron chi connectivity index (χ3n) is 7.12. The van der Waals surface area contributed by atoms with Gasteiger partial charge >= 0.3 is 4.87 Å². The van der Waals surface area contributed by atoms with Gasteiger partial charge in [-0.05, 0) is 12.1 Å². The van der Waals surface area contributed by atoms with Gasteiger partial charge in [0.25, 0.3) is 0 Å². The van der Waals surface area contributed by atoms with Gasteiger partial charge in [0.2, 0.25) is 11.8 Å². The number of anilines is 2. The highest BCUT2D eigenvalue weighted by molar-refractivity contribution is 7.91. The Balaban J connectivity index is 1.12. The number of ether oxygens (including phenoxy) is 1. The van der Waals surface area contributed by atoms with Gasteiger partial charge in [-0.25, -0.2) is 13.8 Å². The number of piperazine rings is 1. The first kappa shape index (κ1) is 28.4. The second-order valence-corrected chi connectivity index (χ2v) is 12.5. The Bertz CT molecular complexity index is 1770. The number of nitrogen functional groups attached to an aromatic ring is 1. The number of hydrogen-bond acceptors (Lipinski definition) is 11. The lowest BCUT2D eigenvalue weighted by Gasteiger charge is -2.36. The van der Waals surface area contributed by atoms with Crippen LogP contribution < -0.4 is 20.2 Å². The van der Waals surface area contributed by atoms with Crippen LogP contribution in [0.25, 0.3) is 27.6 Å². The molecular weight excluding hydrogens is 590 g/mol. The Labute approximate surface area is 245 Å². The zero-order valence-corrected chi connectivity index (χ0v) is 24.6. The number of halogens is 2. The first-order valence-corrected chi connectivity index (χ1v) is 15.7. The lowest BCUT2D eigenvalue weighted by atomic mass is 10.2. The van der Waals surface area contributed by atoms with Gasteiger partial charge in [-0.2, -0.15) is 13.7 Å². The fourth-order valence-corrected chi connectivity index (χ4v) is 6.23. The number of nitrogens with zero attached hydrogens (tertiary/aromatic N) is 7. The van der Waals surface area contributed by atoms with E-state index in [2.05, 4.69) is 20.0 Å². The molecule has 0 amide bonds. The fraction of sp³-hybridized carbons (Fsp3) is 0.385. The lowest BCUT2D eigenvalue weighted by molar-refractivity contribution is 0.247. The number of thiazole rings is 1. The predicted molar refractivity (Wildman–Crippen MR) is 158 cm³/mol. The van der Waals surface area contributed by atoms with E-state index < -0.39 is 11.6 Å². The smallest absolute Gasteiger partial charge is 0.309 e. The second kappa shape index (κ2) is 11.9. The molecule has 0 bridgehead atoms. The largest absolute Gasteiger partial charge is 0.485 e.